The number of ether oxygens (including phenoxy) is 1. The first-order chi connectivity index (χ1) is 10.1. The smallest absolute Gasteiger partial charge is 0.423 e. The predicted octanol–water partition coefficient (Wildman–Crippen LogP) is 2.17. The minimum absolute atomic E-state index is 0.252. The highest BCUT2D eigenvalue weighted by Gasteiger charge is 2.31. The highest BCUT2D eigenvalue weighted by molar-refractivity contribution is 6.66. The van der Waals surface area contributed by atoms with Crippen molar-refractivity contribution in [1.82, 2.24) is 0 Å². The Labute approximate surface area is 126 Å². The summed E-state index contributed by atoms with van der Waals surface area (Å²) >= 11 is 6.19. The third-order valence-electron chi connectivity index (χ3n) is 3.10. The number of para-hydroxylation sites is 1. The van der Waals surface area contributed by atoms with Crippen molar-refractivity contribution in [2.75, 3.05) is 5.32 Å². The number of hydrogen-bond donors (Lipinski definition) is 2. The van der Waals surface area contributed by atoms with E-state index in [0.717, 1.165) is 5.56 Å². The lowest BCUT2D eigenvalue weighted by Gasteiger charge is -2.10. The maximum Gasteiger partial charge on any atom is 0.493 e. The van der Waals surface area contributed by atoms with E-state index in [2.05, 4.69) is 5.32 Å². The minimum atomic E-state index is -1.07. The summed E-state index contributed by atoms with van der Waals surface area (Å²) in [6, 6.07) is 12.1. The van der Waals surface area contributed by atoms with Gasteiger partial charge in [0.05, 0.1) is 17.3 Å². The van der Waals surface area contributed by atoms with Crippen LogP contribution in [-0.2, 0) is 11.3 Å². The highest BCUT2D eigenvalue weighted by Crippen LogP contribution is 2.25. The number of hydrogen-bond acceptors (Lipinski definition) is 4. The molecule has 1 heterocycles. The summed E-state index contributed by atoms with van der Waals surface area (Å²) in [7, 11) is -1.07. The molecule has 5 nitrogen and oxygen atoms in total. The molecular weight excluding hydrogens is 292 g/mol. The molecule has 0 radical (unpaired) electrons. The van der Waals surface area contributed by atoms with Crippen LogP contribution in [-0.4, -0.2) is 18.2 Å². The first-order valence-electron chi connectivity index (χ1n) is 6.30. The average Bonchev–Trinajstić information content (AvgIpc) is 2.85. The Hall–Kier alpha value is -2.02. The molecule has 21 heavy (non-hydrogen) atoms. The maximum absolute atomic E-state index is 11.8. The molecule has 0 aromatic heterocycles. The summed E-state index contributed by atoms with van der Waals surface area (Å²) in [6.45, 7) is 0.297. The Bertz CT molecular complexity index is 680. The van der Waals surface area contributed by atoms with Gasteiger partial charge in [0.2, 0.25) is 0 Å². The second-order valence-corrected chi connectivity index (χ2v) is 4.87. The van der Waals surface area contributed by atoms with E-state index in [0.29, 0.717) is 23.5 Å². The minimum Gasteiger partial charge on any atom is -0.423 e. The molecule has 0 saturated heterocycles. The van der Waals surface area contributed by atoms with Crippen LogP contribution in [0.15, 0.2) is 42.5 Å². The van der Waals surface area contributed by atoms with E-state index in [1.54, 1.807) is 36.4 Å². The zero-order valence-electron chi connectivity index (χ0n) is 10.9. The summed E-state index contributed by atoms with van der Waals surface area (Å²) in [5.41, 5.74) is 1.64. The number of rotatable bonds is 2. The zero-order chi connectivity index (χ0) is 14.8. The SMILES string of the molecule is O=C(Nc1ccc2c(c1Cl)B(O)OC2)Oc1ccccc1. The Morgan fingerprint density at radius 2 is 2.05 bits per heavy atom. The number of anilines is 1. The fourth-order valence-electron chi connectivity index (χ4n) is 2.11. The van der Waals surface area contributed by atoms with Crippen LogP contribution in [0.25, 0.3) is 0 Å². The third-order valence-corrected chi connectivity index (χ3v) is 3.51. The largest absolute Gasteiger partial charge is 0.493 e. The van der Waals surface area contributed by atoms with Crippen LogP contribution in [0.3, 0.4) is 0 Å². The summed E-state index contributed by atoms with van der Waals surface area (Å²) in [4.78, 5) is 11.8. The van der Waals surface area contributed by atoms with E-state index in [1.165, 1.54) is 0 Å². The molecule has 1 amide bonds. The Morgan fingerprint density at radius 1 is 1.29 bits per heavy atom. The van der Waals surface area contributed by atoms with Crippen molar-refractivity contribution in [2.45, 2.75) is 6.61 Å². The number of fused-ring (bicyclic) bond motifs is 1. The van der Waals surface area contributed by atoms with Gasteiger partial charge in [0, 0.05) is 5.46 Å². The number of halogens is 1. The van der Waals surface area contributed by atoms with Gasteiger partial charge in [-0.3, -0.25) is 5.32 Å². The van der Waals surface area contributed by atoms with Gasteiger partial charge in [0.15, 0.2) is 0 Å². The molecule has 0 fully saturated rings. The van der Waals surface area contributed by atoms with Gasteiger partial charge in [-0.05, 0) is 23.8 Å². The normalized spacial score (nSPS) is 13.0. The van der Waals surface area contributed by atoms with E-state index in [1.807, 2.05) is 6.07 Å². The molecule has 0 bridgehead atoms. The van der Waals surface area contributed by atoms with Gasteiger partial charge < -0.3 is 14.4 Å². The van der Waals surface area contributed by atoms with Crippen molar-refractivity contribution in [3.63, 3.8) is 0 Å². The standard InChI is InChI=1S/C14H11BClNO4/c16-13-11(7-6-9-8-20-15(19)12(9)13)17-14(18)21-10-4-2-1-3-5-10/h1-7,19H,8H2,(H,17,18). The average molecular weight is 304 g/mol. The number of nitrogens with one attached hydrogen (secondary N) is 1. The lowest BCUT2D eigenvalue weighted by molar-refractivity contribution is 0.215. The van der Waals surface area contributed by atoms with Crippen molar-refractivity contribution in [1.29, 1.82) is 0 Å². The molecule has 7 heteroatoms. The van der Waals surface area contributed by atoms with Gasteiger partial charge >= 0.3 is 13.2 Å². The summed E-state index contributed by atoms with van der Waals surface area (Å²) in [6.07, 6.45) is -0.656. The maximum atomic E-state index is 11.8. The lowest BCUT2D eigenvalue weighted by atomic mass is 9.79. The Balaban J connectivity index is 1.77. The fraction of sp³-hybridized carbons (Fsp3) is 0.0714. The molecule has 2 aromatic carbocycles. The van der Waals surface area contributed by atoms with Crippen LogP contribution in [0.5, 0.6) is 5.75 Å². The van der Waals surface area contributed by atoms with Crippen LogP contribution in [0, 0.1) is 0 Å². The van der Waals surface area contributed by atoms with Gasteiger partial charge in [-0.15, -0.1) is 0 Å². The molecule has 3 rings (SSSR count). The zero-order valence-corrected chi connectivity index (χ0v) is 11.6. The third kappa shape index (κ3) is 2.87. The monoisotopic (exact) mass is 303 g/mol. The van der Waals surface area contributed by atoms with Crippen LogP contribution in [0.1, 0.15) is 5.56 Å². The van der Waals surface area contributed by atoms with Gasteiger partial charge in [0.1, 0.15) is 5.75 Å². The first kappa shape index (κ1) is 13.9. The van der Waals surface area contributed by atoms with Crippen LogP contribution >= 0.6 is 11.6 Å². The number of benzene rings is 2. The molecule has 0 atom stereocenters. The summed E-state index contributed by atoms with van der Waals surface area (Å²) in [5.74, 6) is 0.427. The van der Waals surface area contributed by atoms with Crippen molar-refractivity contribution < 1.29 is 19.2 Å². The van der Waals surface area contributed by atoms with Crippen molar-refractivity contribution >= 4 is 36.0 Å². The molecule has 0 spiro atoms. The molecule has 2 N–H and O–H groups in total. The van der Waals surface area contributed by atoms with E-state index < -0.39 is 13.2 Å². The second-order valence-electron chi connectivity index (χ2n) is 4.49. The van der Waals surface area contributed by atoms with Crippen molar-refractivity contribution in [2.24, 2.45) is 0 Å². The molecule has 1 aliphatic heterocycles. The number of carbonyl (C=O) groups excluding carboxylic acids is 1. The molecule has 0 unspecified atom stereocenters. The molecular formula is C14H11BClNO4. The van der Waals surface area contributed by atoms with Crippen molar-refractivity contribution in [3.8, 4) is 5.75 Å². The number of amides is 1. The summed E-state index contributed by atoms with van der Waals surface area (Å²) < 4.78 is 10.2. The first-order valence-corrected chi connectivity index (χ1v) is 6.68. The van der Waals surface area contributed by atoms with E-state index in [4.69, 9.17) is 21.0 Å². The van der Waals surface area contributed by atoms with Gasteiger partial charge in [-0.25, -0.2) is 4.79 Å². The van der Waals surface area contributed by atoms with E-state index >= 15 is 0 Å². The topological polar surface area (TPSA) is 67.8 Å². The molecule has 0 saturated carbocycles. The molecule has 106 valence electrons. The fourth-order valence-corrected chi connectivity index (χ4v) is 2.43. The predicted molar refractivity (Wildman–Crippen MR) is 79.9 cm³/mol. The Morgan fingerprint density at radius 3 is 2.81 bits per heavy atom. The quantitative estimate of drug-likeness (QED) is 0.834. The Kier molecular flexibility index (Phi) is 3.83. The van der Waals surface area contributed by atoms with Gasteiger partial charge in [0.25, 0.3) is 0 Å². The molecule has 0 aliphatic carbocycles. The van der Waals surface area contributed by atoms with Crippen LogP contribution in [0.2, 0.25) is 5.02 Å². The van der Waals surface area contributed by atoms with Gasteiger partial charge in [-0.1, -0.05) is 35.9 Å². The van der Waals surface area contributed by atoms with E-state index in [-0.39, 0.29) is 5.02 Å². The second kappa shape index (κ2) is 5.77. The van der Waals surface area contributed by atoms with E-state index in [9.17, 15) is 9.82 Å². The summed E-state index contributed by atoms with van der Waals surface area (Å²) in [5, 5.41) is 12.5. The van der Waals surface area contributed by atoms with Gasteiger partial charge in [-0.2, -0.15) is 0 Å². The lowest BCUT2D eigenvalue weighted by Crippen LogP contribution is -2.30. The van der Waals surface area contributed by atoms with Crippen LogP contribution in [0.4, 0.5) is 10.5 Å². The van der Waals surface area contributed by atoms with Crippen molar-refractivity contribution in [3.05, 3.63) is 53.1 Å². The van der Waals surface area contributed by atoms with Crippen LogP contribution < -0.4 is 15.5 Å². The molecule has 1 aliphatic rings. The highest BCUT2D eigenvalue weighted by atomic mass is 35.5. The number of carbonyl (C=O) groups is 1. The molecule has 2 aromatic rings.